The Bertz CT molecular complexity index is 610. The van der Waals surface area contributed by atoms with Gasteiger partial charge < -0.3 is 5.11 Å². The maximum absolute atomic E-state index is 9.95. The van der Waals surface area contributed by atoms with E-state index in [0.717, 1.165) is 49.3 Å². The van der Waals surface area contributed by atoms with Crippen LogP contribution in [-0.4, -0.2) is 41.1 Å². The second-order valence-electron chi connectivity index (χ2n) is 5.81. The van der Waals surface area contributed by atoms with E-state index in [9.17, 15) is 5.11 Å². The fourth-order valence-electron chi connectivity index (χ4n) is 2.87. The van der Waals surface area contributed by atoms with Crippen molar-refractivity contribution in [1.82, 2.24) is 9.80 Å². The number of phenols is 1. The first-order valence-corrected chi connectivity index (χ1v) is 8.46. The van der Waals surface area contributed by atoms with E-state index < -0.39 is 0 Å². The van der Waals surface area contributed by atoms with Crippen LogP contribution < -0.4 is 0 Å². The van der Waals surface area contributed by atoms with Crippen LogP contribution in [0, 0.1) is 0 Å². The van der Waals surface area contributed by atoms with Crippen molar-refractivity contribution in [1.29, 1.82) is 0 Å². The molecule has 1 saturated heterocycles. The molecule has 0 unspecified atom stereocenters. The zero-order valence-corrected chi connectivity index (χ0v) is 14.2. The van der Waals surface area contributed by atoms with Crippen LogP contribution in [0.5, 0.6) is 5.75 Å². The third-order valence-electron chi connectivity index (χ3n) is 4.15. The molecule has 1 fully saturated rings. The Kier molecular flexibility index (Phi) is 5.13. The number of piperazine rings is 1. The van der Waals surface area contributed by atoms with Gasteiger partial charge in [0, 0.05) is 49.3 Å². The number of benzene rings is 2. The van der Waals surface area contributed by atoms with Crippen molar-refractivity contribution in [3.63, 3.8) is 0 Å². The lowest BCUT2D eigenvalue weighted by Gasteiger charge is -2.34. The minimum Gasteiger partial charge on any atom is -0.508 e. The van der Waals surface area contributed by atoms with Crippen LogP contribution >= 0.6 is 15.9 Å². The molecule has 4 heteroatoms. The quantitative estimate of drug-likeness (QED) is 0.904. The van der Waals surface area contributed by atoms with E-state index in [1.54, 1.807) is 6.07 Å². The molecule has 3 nitrogen and oxygen atoms in total. The molecule has 0 aliphatic carbocycles. The molecule has 2 aromatic rings. The highest BCUT2D eigenvalue weighted by Crippen LogP contribution is 2.23. The highest BCUT2D eigenvalue weighted by molar-refractivity contribution is 9.10. The maximum Gasteiger partial charge on any atom is 0.120 e. The van der Waals surface area contributed by atoms with Gasteiger partial charge in [-0.3, -0.25) is 9.80 Å². The fraction of sp³-hybridized carbons (Fsp3) is 0.333. The van der Waals surface area contributed by atoms with Crippen molar-refractivity contribution in [3.8, 4) is 5.75 Å². The van der Waals surface area contributed by atoms with Gasteiger partial charge in [0.25, 0.3) is 0 Å². The van der Waals surface area contributed by atoms with Crippen molar-refractivity contribution in [2.45, 2.75) is 13.1 Å². The number of phenolic OH excluding ortho intramolecular Hbond substituents is 1. The van der Waals surface area contributed by atoms with Crippen LogP contribution in [0.4, 0.5) is 0 Å². The van der Waals surface area contributed by atoms with Gasteiger partial charge in [0.15, 0.2) is 0 Å². The Morgan fingerprint density at radius 1 is 0.864 bits per heavy atom. The van der Waals surface area contributed by atoms with Crippen LogP contribution in [0.2, 0.25) is 0 Å². The first-order chi connectivity index (χ1) is 10.7. The second kappa shape index (κ2) is 7.27. The number of hydrogen-bond donors (Lipinski definition) is 1. The van der Waals surface area contributed by atoms with E-state index in [-0.39, 0.29) is 0 Å². The van der Waals surface area contributed by atoms with Gasteiger partial charge in [0.1, 0.15) is 5.75 Å². The van der Waals surface area contributed by atoms with Gasteiger partial charge in [-0.05, 0) is 23.8 Å². The van der Waals surface area contributed by atoms with Crippen LogP contribution in [0.3, 0.4) is 0 Å². The zero-order valence-electron chi connectivity index (χ0n) is 12.6. The summed E-state index contributed by atoms with van der Waals surface area (Å²) in [6.07, 6.45) is 0. The summed E-state index contributed by atoms with van der Waals surface area (Å²) in [4.78, 5) is 4.90. The SMILES string of the molecule is Oc1ccc(Br)cc1CN1CCN(Cc2ccccc2)CC1. The first-order valence-electron chi connectivity index (χ1n) is 7.67. The summed E-state index contributed by atoms with van der Waals surface area (Å²) in [5.41, 5.74) is 2.37. The summed E-state index contributed by atoms with van der Waals surface area (Å²) in [5, 5.41) is 9.95. The average Bonchev–Trinajstić information content (AvgIpc) is 2.54. The van der Waals surface area contributed by atoms with Crippen molar-refractivity contribution in [3.05, 3.63) is 64.1 Å². The topological polar surface area (TPSA) is 26.7 Å². The third-order valence-corrected chi connectivity index (χ3v) is 4.64. The van der Waals surface area contributed by atoms with E-state index in [2.05, 4.69) is 56.1 Å². The molecule has 0 bridgehead atoms. The van der Waals surface area contributed by atoms with Gasteiger partial charge in [-0.15, -0.1) is 0 Å². The van der Waals surface area contributed by atoms with E-state index in [4.69, 9.17) is 0 Å². The number of rotatable bonds is 4. The molecule has 0 radical (unpaired) electrons. The van der Waals surface area contributed by atoms with Gasteiger partial charge in [0.2, 0.25) is 0 Å². The molecule has 1 aliphatic rings. The van der Waals surface area contributed by atoms with Crippen molar-refractivity contribution in [2.24, 2.45) is 0 Å². The Morgan fingerprint density at radius 2 is 1.50 bits per heavy atom. The predicted octanol–water partition coefficient (Wildman–Crippen LogP) is 3.47. The Labute approximate surface area is 140 Å². The monoisotopic (exact) mass is 360 g/mol. The molecule has 116 valence electrons. The van der Waals surface area contributed by atoms with Gasteiger partial charge in [-0.25, -0.2) is 0 Å². The molecule has 0 spiro atoms. The first kappa shape index (κ1) is 15.5. The smallest absolute Gasteiger partial charge is 0.120 e. The molecule has 1 heterocycles. The van der Waals surface area contributed by atoms with Crippen LogP contribution in [0.15, 0.2) is 53.0 Å². The molecular weight excluding hydrogens is 340 g/mol. The van der Waals surface area contributed by atoms with E-state index in [0.29, 0.717) is 5.75 Å². The zero-order chi connectivity index (χ0) is 15.4. The number of nitrogens with zero attached hydrogens (tertiary/aromatic N) is 2. The lowest BCUT2D eigenvalue weighted by Crippen LogP contribution is -2.45. The standard InChI is InChI=1S/C18H21BrN2O/c19-17-6-7-18(22)16(12-17)14-21-10-8-20(9-11-21)13-15-4-2-1-3-5-15/h1-7,12,22H,8-11,13-14H2. The van der Waals surface area contributed by atoms with Crippen LogP contribution in [0.25, 0.3) is 0 Å². The molecule has 3 rings (SSSR count). The van der Waals surface area contributed by atoms with Crippen molar-refractivity contribution in [2.75, 3.05) is 26.2 Å². The Balaban J connectivity index is 1.52. The van der Waals surface area contributed by atoms with Gasteiger partial charge >= 0.3 is 0 Å². The van der Waals surface area contributed by atoms with Crippen molar-refractivity contribution < 1.29 is 5.11 Å². The normalized spacial score (nSPS) is 16.8. The van der Waals surface area contributed by atoms with Crippen LogP contribution in [-0.2, 0) is 13.1 Å². The van der Waals surface area contributed by atoms with E-state index in [1.807, 2.05) is 12.1 Å². The Hall–Kier alpha value is -1.36. The largest absolute Gasteiger partial charge is 0.508 e. The van der Waals surface area contributed by atoms with Gasteiger partial charge in [-0.2, -0.15) is 0 Å². The molecule has 0 saturated carbocycles. The number of aromatic hydroxyl groups is 1. The molecule has 22 heavy (non-hydrogen) atoms. The number of halogens is 1. The van der Waals surface area contributed by atoms with Gasteiger partial charge in [0.05, 0.1) is 0 Å². The summed E-state index contributed by atoms with van der Waals surface area (Å²) in [7, 11) is 0. The van der Waals surface area contributed by atoms with Crippen LogP contribution in [0.1, 0.15) is 11.1 Å². The predicted molar refractivity (Wildman–Crippen MR) is 92.8 cm³/mol. The molecular formula is C18H21BrN2O. The molecule has 2 aromatic carbocycles. The lowest BCUT2D eigenvalue weighted by atomic mass is 10.1. The highest BCUT2D eigenvalue weighted by Gasteiger charge is 2.18. The minimum absolute atomic E-state index is 0.384. The summed E-state index contributed by atoms with van der Waals surface area (Å²) in [6.45, 7) is 6.06. The fourth-order valence-corrected chi connectivity index (χ4v) is 3.28. The van der Waals surface area contributed by atoms with E-state index in [1.165, 1.54) is 5.56 Å². The molecule has 1 N–H and O–H groups in total. The maximum atomic E-state index is 9.95. The molecule has 1 aliphatic heterocycles. The van der Waals surface area contributed by atoms with Crippen molar-refractivity contribution >= 4 is 15.9 Å². The molecule has 0 amide bonds. The summed E-state index contributed by atoms with van der Waals surface area (Å²) in [5.74, 6) is 0.384. The highest BCUT2D eigenvalue weighted by atomic mass is 79.9. The van der Waals surface area contributed by atoms with Gasteiger partial charge in [-0.1, -0.05) is 46.3 Å². The average molecular weight is 361 g/mol. The Morgan fingerprint density at radius 3 is 2.18 bits per heavy atom. The molecule has 0 atom stereocenters. The van der Waals surface area contributed by atoms with E-state index >= 15 is 0 Å². The second-order valence-corrected chi connectivity index (χ2v) is 6.73. The molecule has 0 aromatic heterocycles. The number of hydrogen-bond acceptors (Lipinski definition) is 3. The summed E-state index contributed by atoms with van der Waals surface area (Å²) in [6, 6.07) is 16.3. The lowest BCUT2D eigenvalue weighted by molar-refractivity contribution is 0.121. The summed E-state index contributed by atoms with van der Waals surface area (Å²) < 4.78 is 1.02. The summed E-state index contributed by atoms with van der Waals surface area (Å²) >= 11 is 3.47. The minimum atomic E-state index is 0.384. The third kappa shape index (κ3) is 4.09.